The monoisotopic (exact) mass is 267 g/mol. The minimum absolute atomic E-state index is 0.320. The van der Waals surface area contributed by atoms with Crippen molar-refractivity contribution in [2.24, 2.45) is 17.3 Å². The highest BCUT2D eigenvalue weighted by molar-refractivity contribution is 5.77. The van der Waals surface area contributed by atoms with Crippen LogP contribution < -0.4 is 0 Å². The fourth-order valence-electron chi connectivity index (χ4n) is 4.30. The van der Waals surface area contributed by atoms with Gasteiger partial charge in [0.1, 0.15) is 17.4 Å². The van der Waals surface area contributed by atoms with Crippen LogP contribution in [0.2, 0.25) is 0 Å². The van der Waals surface area contributed by atoms with Crippen molar-refractivity contribution in [1.82, 2.24) is 0 Å². The second kappa shape index (κ2) is 4.10. The molecule has 2 aromatic rings. The molecule has 3 heteroatoms. The molecule has 2 bridgehead atoms. The van der Waals surface area contributed by atoms with E-state index in [1.54, 1.807) is 0 Å². The first-order valence-electron chi connectivity index (χ1n) is 7.31. The third-order valence-electron chi connectivity index (χ3n) is 5.31. The number of aliphatic hydroxyl groups excluding tert-OH is 1. The van der Waals surface area contributed by atoms with Crippen molar-refractivity contribution in [3.05, 3.63) is 36.1 Å². The Morgan fingerprint density at radius 3 is 2.85 bits per heavy atom. The number of nitrogens with zero attached hydrogens (tertiary/aromatic N) is 1. The average molecular weight is 267 g/mol. The summed E-state index contributed by atoms with van der Waals surface area (Å²) in [5, 5.41) is 21.5. The first kappa shape index (κ1) is 12.0. The number of fused-ring (bicyclic) bond motifs is 3. The molecule has 2 fully saturated rings. The molecular weight excluding hydrogens is 250 g/mol. The standard InChI is InChI=1S/C17H17NO2/c18-10-17(9-11-5-6-13(17)7-11)16(19)15-8-12-3-1-2-4-14(12)20-15/h1-4,8,11,13,16,19H,5-7,9H2. The number of hydrogen-bond acceptors (Lipinski definition) is 3. The Morgan fingerprint density at radius 1 is 1.35 bits per heavy atom. The van der Waals surface area contributed by atoms with Crippen molar-refractivity contribution in [2.45, 2.75) is 31.8 Å². The third-order valence-corrected chi connectivity index (χ3v) is 5.31. The lowest BCUT2D eigenvalue weighted by atomic mass is 9.69. The van der Waals surface area contributed by atoms with E-state index in [4.69, 9.17) is 4.42 Å². The summed E-state index contributed by atoms with van der Waals surface area (Å²) in [6.45, 7) is 0. The molecule has 1 N–H and O–H groups in total. The molecule has 20 heavy (non-hydrogen) atoms. The van der Waals surface area contributed by atoms with Crippen LogP contribution in [0.25, 0.3) is 11.0 Å². The normalized spacial score (nSPS) is 33.4. The van der Waals surface area contributed by atoms with Gasteiger partial charge in [0.05, 0.1) is 11.5 Å². The van der Waals surface area contributed by atoms with Crippen LogP contribution in [0, 0.1) is 28.6 Å². The highest BCUT2D eigenvalue weighted by Crippen LogP contribution is 2.60. The Hall–Kier alpha value is -1.79. The van der Waals surface area contributed by atoms with Gasteiger partial charge in [-0.2, -0.15) is 5.26 Å². The first-order valence-corrected chi connectivity index (χ1v) is 7.31. The molecule has 0 radical (unpaired) electrons. The summed E-state index contributed by atoms with van der Waals surface area (Å²) >= 11 is 0. The molecule has 4 rings (SSSR count). The Labute approximate surface area is 117 Å². The topological polar surface area (TPSA) is 57.2 Å². The van der Waals surface area contributed by atoms with Crippen LogP contribution in [0.5, 0.6) is 0 Å². The van der Waals surface area contributed by atoms with Gasteiger partial charge in [0.2, 0.25) is 0 Å². The molecule has 0 spiro atoms. The smallest absolute Gasteiger partial charge is 0.135 e. The van der Waals surface area contributed by atoms with Crippen molar-refractivity contribution in [3.8, 4) is 6.07 Å². The number of aliphatic hydroxyl groups is 1. The van der Waals surface area contributed by atoms with Crippen LogP contribution in [-0.2, 0) is 0 Å². The van der Waals surface area contributed by atoms with Crippen molar-refractivity contribution >= 4 is 11.0 Å². The molecule has 1 aromatic carbocycles. The number of rotatable bonds is 2. The lowest BCUT2D eigenvalue weighted by Gasteiger charge is -2.34. The summed E-state index contributed by atoms with van der Waals surface area (Å²) in [5.41, 5.74) is 0.134. The lowest BCUT2D eigenvalue weighted by Crippen LogP contribution is -2.33. The minimum Gasteiger partial charge on any atom is -0.458 e. The van der Waals surface area contributed by atoms with Gasteiger partial charge in [-0.3, -0.25) is 0 Å². The van der Waals surface area contributed by atoms with E-state index >= 15 is 0 Å². The van der Waals surface area contributed by atoms with Crippen molar-refractivity contribution in [3.63, 3.8) is 0 Å². The molecule has 3 nitrogen and oxygen atoms in total. The molecule has 2 aliphatic rings. The van der Waals surface area contributed by atoms with Gasteiger partial charge < -0.3 is 9.52 Å². The van der Waals surface area contributed by atoms with E-state index in [0.29, 0.717) is 17.6 Å². The summed E-state index contributed by atoms with van der Waals surface area (Å²) < 4.78 is 5.78. The Balaban J connectivity index is 1.76. The molecule has 4 unspecified atom stereocenters. The fraction of sp³-hybridized carbons (Fsp3) is 0.471. The van der Waals surface area contributed by atoms with Gasteiger partial charge in [0.25, 0.3) is 0 Å². The van der Waals surface area contributed by atoms with Gasteiger partial charge in [-0.1, -0.05) is 24.6 Å². The van der Waals surface area contributed by atoms with Crippen LogP contribution >= 0.6 is 0 Å². The van der Waals surface area contributed by atoms with Gasteiger partial charge >= 0.3 is 0 Å². The molecule has 102 valence electrons. The molecule has 0 amide bonds. The Morgan fingerprint density at radius 2 is 2.20 bits per heavy atom. The zero-order chi connectivity index (χ0) is 13.7. The maximum Gasteiger partial charge on any atom is 0.135 e. The Bertz CT molecular complexity index is 665. The number of nitriles is 1. The van der Waals surface area contributed by atoms with E-state index in [0.717, 1.165) is 30.2 Å². The van der Waals surface area contributed by atoms with Gasteiger partial charge in [-0.25, -0.2) is 0 Å². The van der Waals surface area contributed by atoms with E-state index in [9.17, 15) is 10.4 Å². The van der Waals surface area contributed by atoms with Gasteiger partial charge in [0, 0.05) is 5.39 Å². The van der Waals surface area contributed by atoms with Crippen LogP contribution in [0.1, 0.15) is 37.5 Å². The molecule has 0 saturated heterocycles. The van der Waals surface area contributed by atoms with E-state index < -0.39 is 11.5 Å². The van der Waals surface area contributed by atoms with E-state index in [1.165, 1.54) is 6.42 Å². The SMILES string of the molecule is N#CC1(C(O)c2cc3ccccc3o2)CC2CCC1C2. The zero-order valence-corrected chi connectivity index (χ0v) is 11.2. The largest absolute Gasteiger partial charge is 0.458 e. The van der Waals surface area contributed by atoms with Crippen LogP contribution in [0.3, 0.4) is 0 Å². The maximum absolute atomic E-state index is 10.8. The summed E-state index contributed by atoms with van der Waals surface area (Å²) in [5.74, 6) is 1.47. The summed E-state index contributed by atoms with van der Waals surface area (Å²) in [6.07, 6.45) is 3.36. The van der Waals surface area contributed by atoms with Crippen molar-refractivity contribution < 1.29 is 9.52 Å². The highest BCUT2D eigenvalue weighted by Gasteiger charge is 2.56. The quantitative estimate of drug-likeness (QED) is 0.900. The molecule has 1 aromatic heterocycles. The van der Waals surface area contributed by atoms with Gasteiger partial charge in [-0.15, -0.1) is 0 Å². The average Bonchev–Trinajstić information content (AvgIpc) is 3.19. The highest BCUT2D eigenvalue weighted by atomic mass is 16.4. The molecule has 0 aliphatic heterocycles. The first-order chi connectivity index (χ1) is 9.73. The molecule has 4 atom stereocenters. The molecule has 2 aliphatic carbocycles. The Kier molecular flexibility index (Phi) is 2.46. The second-order valence-corrected chi connectivity index (χ2v) is 6.32. The van der Waals surface area contributed by atoms with Crippen LogP contribution in [-0.4, -0.2) is 5.11 Å². The van der Waals surface area contributed by atoms with Gasteiger partial charge in [-0.05, 0) is 43.2 Å². The summed E-state index contributed by atoms with van der Waals surface area (Å²) in [6, 6.07) is 12.0. The second-order valence-electron chi connectivity index (χ2n) is 6.32. The van der Waals surface area contributed by atoms with Crippen molar-refractivity contribution in [2.75, 3.05) is 0 Å². The number of hydrogen-bond donors (Lipinski definition) is 1. The molecule has 2 saturated carbocycles. The van der Waals surface area contributed by atoms with E-state index in [-0.39, 0.29) is 0 Å². The lowest BCUT2D eigenvalue weighted by molar-refractivity contribution is 0.00910. The number of benzene rings is 1. The molecular formula is C17H17NO2. The maximum atomic E-state index is 10.8. The number of para-hydroxylation sites is 1. The summed E-state index contributed by atoms with van der Waals surface area (Å²) in [4.78, 5) is 0. The predicted molar refractivity (Wildman–Crippen MR) is 74.7 cm³/mol. The molecule has 1 heterocycles. The van der Waals surface area contributed by atoms with E-state index in [2.05, 4.69) is 6.07 Å². The number of furan rings is 1. The van der Waals surface area contributed by atoms with Crippen LogP contribution in [0.4, 0.5) is 0 Å². The summed E-state index contributed by atoms with van der Waals surface area (Å²) in [7, 11) is 0. The van der Waals surface area contributed by atoms with E-state index in [1.807, 2.05) is 30.3 Å². The zero-order valence-electron chi connectivity index (χ0n) is 11.2. The minimum atomic E-state index is -0.810. The fourth-order valence-corrected chi connectivity index (χ4v) is 4.30. The predicted octanol–water partition coefficient (Wildman–Crippen LogP) is 3.80. The van der Waals surface area contributed by atoms with Crippen molar-refractivity contribution in [1.29, 1.82) is 5.26 Å². The van der Waals surface area contributed by atoms with Crippen LogP contribution in [0.15, 0.2) is 34.7 Å². The van der Waals surface area contributed by atoms with Gasteiger partial charge in [0.15, 0.2) is 0 Å². The third kappa shape index (κ3) is 1.49.